The van der Waals surface area contributed by atoms with Gasteiger partial charge in [0.2, 0.25) is 0 Å². The molecular weight excluding hydrogens is 358 g/mol. The minimum absolute atomic E-state index is 0. The maximum atomic E-state index is 10.3. The zero-order chi connectivity index (χ0) is 15.1. The van der Waals surface area contributed by atoms with Gasteiger partial charge in [0, 0.05) is 17.1 Å². The molecule has 0 aromatic carbocycles. The normalized spacial score (nSPS) is 10.0. The van der Waals surface area contributed by atoms with Crippen LogP contribution < -0.4 is 34.5 Å². The second kappa shape index (κ2) is 11.6. The smallest absolute Gasteiger partial charge is 0.756 e. The van der Waals surface area contributed by atoms with E-state index in [9.17, 15) is 14.4 Å². The molecule has 0 spiro atoms. The van der Waals surface area contributed by atoms with Gasteiger partial charge in [0.05, 0.1) is 12.8 Å². The molecule has 0 atom stereocenters. The van der Waals surface area contributed by atoms with Crippen molar-refractivity contribution < 1.29 is 101 Å². The first-order valence-electron chi connectivity index (χ1n) is 3.94. The number of phosphoric acid groups is 1. The average molecular weight is 368 g/mol. The number of rotatable bonds is 5. The Hall–Kier alpha value is -0.000519. The monoisotopic (exact) mass is 368 g/mol. The van der Waals surface area contributed by atoms with E-state index in [-0.39, 0.29) is 46.6 Å². The van der Waals surface area contributed by atoms with Crippen LogP contribution >= 0.6 is 7.82 Å². The second-order valence-electron chi connectivity index (χ2n) is 2.97. The van der Waals surface area contributed by atoms with Gasteiger partial charge < -0.3 is 35.1 Å². The minimum Gasteiger partial charge on any atom is -0.756 e. The van der Waals surface area contributed by atoms with Gasteiger partial charge in [-0.1, -0.05) is 0 Å². The van der Waals surface area contributed by atoms with Crippen LogP contribution in [-0.4, -0.2) is 53.7 Å². The number of carboxylic acid groups (broad SMARTS) is 3. The van der Waals surface area contributed by atoms with Crippen LogP contribution in [0.2, 0.25) is 0 Å². The molecule has 20 heavy (non-hydrogen) atoms. The first-order chi connectivity index (χ1) is 7.78. The Bertz CT molecular complexity index is 355. The first kappa shape index (κ1) is 28.2. The molecule has 0 aliphatic rings. The van der Waals surface area contributed by atoms with E-state index in [0.717, 1.165) is 0 Å². The third-order valence-corrected chi connectivity index (χ3v) is 1.29. The predicted molar refractivity (Wildman–Crippen MR) is 49.1 cm³/mol. The van der Waals surface area contributed by atoms with Crippen LogP contribution in [-0.2, 0) is 36.0 Å². The molecule has 14 heteroatoms. The maximum absolute atomic E-state index is 10.3. The summed E-state index contributed by atoms with van der Waals surface area (Å²) < 4.78 is 8.77. The number of hydrogen-bond acceptors (Lipinski definition) is 6. The summed E-state index contributed by atoms with van der Waals surface area (Å²) in [4.78, 5) is 53.4. The zero-order valence-electron chi connectivity index (χ0n) is 9.94. The summed E-state index contributed by atoms with van der Waals surface area (Å²) >= 11 is 0. The van der Waals surface area contributed by atoms with E-state index in [1.807, 2.05) is 0 Å². The van der Waals surface area contributed by atoms with Gasteiger partial charge in [0.15, 0.2) is 5.60 Å². The minimum atomic E-state index is -4.89. The van der Waals surface area contributed by atoms with Crippen molar-refractivity contribution in [2.45, 2.75) is 18.4 Å². The van der Waals surface area contributed by atoms with E-state index in [0.29, 0.717) is 0 Å². The van der Waals surface area contributed by atoms with Gasteiger partial charge in [-0.3, -0.25) is 14.2 Å². The van der Waals surface area contributed by atoms with Crippen molar-refractivity contribution in [1.82, 2.24) is 0 Å². The van der Waals surface area contributed by atoms with Crippen molar-refractivity contribution >= 4 is 25.7 Å². The SMILES string of the molecule is O=C(O)CC(O)(CC(=O)O)C(=O)O.O=P([O-])(O)O.[Fe].[Na+]. The third-order valence-electron chi connectivity index (χ3n) is 1.29. The molecule has 11 nitrogen and oxygen atoms in total. The average Bonchev–Trinajstić information content (AvgIpc) is 1.95. The van der Waals surface area contributed by atoms with Gasteiger partial charge in [0.1, 0.15) is 0 Å². The van der Waals surface area contributed by atoms with Gasteiger partial charge in [-0.25, -0.2) is 4.79 Å². The molecule has 0 heterocycles. The van der Waals surface area contributed by atoms with Crippen LogP contribution in [0.1, 0.15) is 12.8 Å². The molecule has 6 N–H and O–H groups in total. The van der Waals surface area contributed by atoms with Gasteiger partial charge >= 0.3 is 47.5 Å². The number of hydrogen-bond donors (Lipinski definition) is 6. The van der Waals surface area contributed by atoms with Crippen LogP contribution in [0.3, 0.4) is 0 Å². The molecule has 0 amide bonds. The van der Waals surface area contributed by atoms with E-state index >= 15 is 0 Å². The predicted octanol–water partition coefficient (Wildman–Crippen LogP) is -5.81. The van der Waals surface area contributed by atoms with Gasteiger partial charge in [-0.05, 0) is 0 Å². The van der Waals surface area contributed by atoms with Crippen molar-refractivity contribution in [3.05, 3.63) is 0 Å². The fraction of sp³-hybridized carbons (Fsp3) is 0.500. The fourth-order valence-electron chi connectivity index (χ4n) is 0.714. The van der Waals surface area contributed by atoms with Crippen molar-refractivity contribution in [3.8, 4) is 0 Å². The number of aliphatic carboxylic acids is 3. The summed E-state index contributed by atoms with van der Waals surface area (Å²) in [5.74, 6) is -5.02. The van der Waals surface area contributed by atoms with Crippen molar-refractivity contribution in [2.24, 2.45) is 0 Å². The van der Waals surface area contributed by atoms with Crippen molar-refractivity contribution in [2.75, 3.05) is 0 Å². The summed E-state index contributed by atoms with van der Waals surface area (Å²) in [6.07, 6.45) is -2.29. The largest absolute Gasteiger partial charge is 1.00 e. The van der Waals surface area contributed by atoms with E-state index in [2.05, 4.69) is 0 Å². The standard InChI is InChI=1S/C6H8O7.Fe.Na.H3O4P/c7-3(8)1-6(13,5(11)12)2-4(9)10;;;1-5(2,3)4/h13H,1-2H2,(H,7,8)(H,9,10)(H,11,12);;;(H3,1,2,3,4)/q;;+1;/p-1. The van der Waals surface area contributed by atoms with Crippen LogP contribution in [0.4, 0.5) is 0 Å². The molecule has 0 aromatic heterocycles. The maximum Gasteiger partial charge on any atom is 1.00 e. The molecule has 0 fully saturated rings. The Balaban J connectivity index is -0.000000158. The Morgan fingerprint density at radius 2 is 1.20 bits per heavy atom. The molecule has 0 aliphatic carbocycles. The Kier molecular flexibility index (Phi) is 16.4. The fourth-order valence-corrected chi connectivity index (χ4v) is 0.714. The van der Waals surface area contributed by atoms with E-state index in [4.69, 9.17) is 39.7 Å². The van der Waals surface area contributed by atoms with Gasteiger partial charge in [-0.15, -0.1) is 0 Å². The summed E-state index contributed by atoms with van der Waals surface area (Å²) in [5, 5.41) is 33.8. The summed E-state index contributed by atoms with van der Waals surface area (Å²) in [7, 11) is -4.89. The molecule has 0 bridgehead atoms. The van der Waals surface area contributed by atoms with Gasteiger partial charge in [-0.2, -0.15) is 0 Å². The molecular formula is C6H10FeNaO11P. The summed E-state index contributed by atoms with van der Waals surface area (Å²) in [6, 6.07) is 0. The molecule has 0 rings (SSSR count). The molecule has 0 unspecified atom stereocenters. The van der Waals surface area contributed by atoms with E-state index < -0.39 is 44.2 Å². The Labute approximate surface area is 144 Å². The topological polar surface area (TPSA) is 213 Å². The molecule has 0 aliphatic heterocycles. The molecule has 0 saturated heterocycles. The Morgan fingerprint density at radius 3 is 1.30 bits per heavy atom. The van der Waals surface area contributed by atoms with Crippen molar-refractivity contribution in [1.29, 1.82) is 0 Å². The molecule has 0 aromatic rings. The van der Waals surface area contributed by atoms with E-state index in [1.54, 1.807) is 0 Å². The number of carbonyl (C=O) groups is 3. The van der Waals surface area contributed by atoms with Crippen LogP contribution in [0.15, 0.2) is 0 Å². The molecule has 0 saturated carbocycles. The van der Waals surface area contributed by atoms with Crippen molar-refractivity contribution in [3.63, 3.8) is 0 Å². The van der Waals surface area contributed by atoms with Gasteiger partial charge in [0.25, 0.3) is 7.82 Å². The third kappa shape index (κ3) is 20.3. The zero-order valence-corrected chi connectivity index (χ0v) is 13.9. The van der Waals surface area contributed by atoms with Crippen LogP contribution in [0.25, 0.3) is 0 Å². The van der Waals surface area contributed by atoms with Crippen LogP contribution in [0.5, 0.6) is 0 Å². The Morgan fingerprint density at radius 1 is 1.00 bits per heavy atom. The quantitative estimate of drug-likeness (QED) is 0.199. The molecule has 114 valence electrons. The summed E-state index contributed by atoms with van der Waals surface area (Å²) in [6.45, 7) is 0. The van der Waals surface area contributed by atoms with Crippen LogP contribution in [0, 0.1) is 0 Å². The summed E-state index contributed by atoms with van der Waals surface area (Å²) in [5.41, 5.74) is -2.74. The number of aliphatic hydroxyl groups is 1. The first-order valence-corrected chi connectivity index (χ1v) is 5.47. The van der Waals surface area contributed by atoms with E-state index in [1.165, 1.54) is 0 Å². The number of carboxylic acids is 3. The second-order valence-corrected chi connectivity index (χ2v) is 3.95. The molecule has 0 radical (unpaired) electrons.